The number of nitrogens with zero attached hydrogens (tertiary/aromatic N) is 3. The first-order chi connectivity index (χ1) is 13.3. The number of halogens is 1. The van der Waals surface area contributed by atoms with Crippen molar-refractivity contribution in [3.8, 4) is 0 Å². The normalized spacial score (nSPS) is 11.4. The fraction of sp³-hybridized carbons (Fsp3) is 0.211. The lowest BCUT2D eigenvalue weighted by atomic mass is 10.2. The molecule has 3 rings (SSSR count). The van der Waals surface area contributed by atoms with Gasteiger partial charge in [0.05, 0.1) is 17.2 Å². The SMILES string of the molecule is Cc1ccc(S(=O)(=O)CCC(=O)Nc2ncn(Cc3cccc(F)c3)n2)cc1. The van der Waals surface area contributed by atoms with Crippen LogP contribution in [0.15, 0.2) is 59.8 Å². The lowest BCUT2D eigenvalue weighted by Gasteiger charge is -2.05. The van der Waals surface area contributed by atoms with Crippen molar-refractivity contribution in [1.29, 1.82) is 0 Å². The van der Waals surface area contributed by atoms with Gasteiger partial charge in [-0.05, 0) is 36.8 Å². The minimum Gasteiger partial charge on any atom is -0.293 e. The van der Waals surface area contributed by atoms with Crippen LogP contribution in [-0.4, -0.2) is 34.8 Å². The molecule has 1 N–H and O–H groups in total. The summed E-state index contributed by atoms with van der Waals surface area (Å²) in [5.74, 6) is -1.10. The summed E-state index contributed by atoms with van der Waals surface area (Å²) in [4.78, 5) is 16.2. The number of carbonyl (C=O) groups is 1. The third kappa shape index (κ3) is 5.23. The predicted molar refractivity (Wildman–Crippen MR) is 102 cm³/mol. The molecule has 0 radical (unpaired) electrons. The van der Waals surface area contributed by atoms with Crippen molar-refractivity contribution in [2.24, 2.45) is 0 Å². The number of rotatable bonds is 7. The van der Waals surface area contributed by atoms with E-state index in [1.807, 2.05) is 6.92 Å². The van der Waals surface area contributed by atoms with Gasteiger partial charge in [0.1, 0.15) is 12.1 Å². The van der Waals surface area contributed by atoms with Crippen LogP contribution in [0.25, 0.3) is 0 Å². The van der Waals surface area contributed by atoms with Crippen LogP contribution in [0.4, 0.5) is 10.3 Å². The molecule has 0 unspecified atom stereocenters. The summed E-state index contributed by atoms with van der Waals surface area (Å²) in [5, 5.41) is 6.56. The van der Waals surface area contributed by atoms with E-state index in [1.165, 1.54) is 35.3 Å². The Balaban J connectivity index is 1.55. The number of aromatic nitrogens is 3. The second-order valence-electron chi connectivity index (χ2n) is 6.33. The van der Waals surface area contributed by atoms with E-state index < -0.39 is 15.7 Å². The zero-order chi connectivity index (χ0) is 20.1. The molecular formula is C19H19FN4O3S. The molecule has 9 heteroatoms. The average molecular weight is 402 g/mol. The van der Waals surface area contributed by atoms with Crippen LogP contribution in [-0.2, 0) is 21.2 Å². The Morgan fingerprint density at radius 2 is 1.93 bits per heavy atom. The topological polar surface area (TPSA) is 94.0 Å². The molecule has 2 aromatic carbocycles. The molecule has 146 valence electrons. The molecule has 0 saturated heterocycles. The van der Waals surface area contributed by atoms with E-state index in [9.17, 15) is 17.6 Å². The van der Waals surface area contributed by atoms with E-state index in [0.717, 1.165) is 5.56 Å². The standard InChI is InChI=1S/C19H19FN4O3S/c1-14-5-7-17(8-6-14)28(26,27)10-9-18(25)22-19-21-13-24(23-19)12-15-3-2-4-16(20)11-15/h2-8,11,13H,9-10,12H2,1H3,(H,22,23,25). The highest BCUT2D eigenvalue weighted by molar-refractivity contribution is 7.91. The Kier molecular flexibility index (Phi) is 5.84. The average Bonchev–Trinajstić information content (AvgIpc) is 3.07. The maximum Gasteiger partial charge on any atom is 0.248 e. The monoisotopic (exact) mass is 402 g/mol. The van der Waals surface area contributed by atoms with Gasteiger partial charge in [0.15, 0.2) is 9.84 Å². The molecule has 28 heavy (non-hydrogen) atoms. The Hall–Kier alpha value is -3.07. The van der Waals surface area contributed by atoms with Crippen LogP contribution >= 0.6 is 0 Å². The van der Waals surface area contributed by atoms with E-state index in [4.69, 9.17) is 0 Å². The minimum absolute atomic E-state index is 0.0640. The van der Waals surface area contributed by atoms with Gasteiger partial charge < -0.3 is 0 Å². The molecule has 7 nitrogen and oxygen atoms in total. The van der Waals surface area contributed by atoms with E-state index in [2.05, 4.69) is 15.4 Å². The highest BCUT2D eigenvalue weighted by Gasteiger charge is 2.17. The smallest absolute Gasteiger partial charge is 0.248 e. The van der Waals surface area contributed by atoms with Gasteiger partial charge >= 0.3 is 0 Å². The molecule has 1 aromatic heterocycles. The van der Waals surface area contributed by atoms with Crippen LogP contribution in [0.3, 0.4) is 0 Å². The lowest BCUT2D eigenvalue weighted by Crippen LogP contribution is -2.18. The zero-order valence-corrected chi connectivity index (χ0v) is 16.0. The molecule has 0 atom stereocenters. The summed E-state index contributed by atoms with van der Waals surface area (Å²) in [6, 6.07) is 12.6. The molecule has 1 heterocycles. The van der Waals surface area contributed by atoms with Gasteiger partial charge in [-0.25, -0.2) is 22.5 Å². The third-order valence-corrected chi connectivity index (χ3v) is 5.73. The Labute approximate surface area is 162 Å². The number of hydrogen-bond donors (Lipinski definition) is 1. The second kappa shape index (κ2) is 8.30. The van der Waals surface area contributed by atoms with Crippen LogP contribution < -0.4 is 5.32 Å². The number of anilines is 1. The summed E-state index contributed by atoms with van der Waals surface area (Å²) in [6.07, 6.45) is 1.19. The number of hydrogen-bond acceptors (Lipinski definition) is 5. The Morgan fingerprint density at radius 3 is 2.64 bits per heavy atom. The quantitative estimate of drug-likeness (QED) is 0.656. The molecule has 0 bridgehead atoms. The summed E-state index contributed by atoms with van der Waals surface area (Å²) in [5.41, 5.74) is 1.66. The zero-order valence-electron chi connectivity index (χ0n) is 15.2. The molecule has 0 saturated carbocycles. The van der Waals surface area contributed by atoms with Crippen molar-refractivity contribution >= 4 is 21.7 Å². The fourth-order valence-electron chi connectivity index (χ4n) is 2.53. The largest absolute Gasteiger partial charge is 0.293 e. The van der Waals surface area contributed by atoms with Crippen molar-refractivity contribution in [3.05, 3.63) is 71.8 Å². The molecule has 3 aromatic rings. The molecule has 0 aliphatic heterocycles. The van der Waals surface area contributed by atoms with E-state index in [1.54, 1.807) is 24.3 Å². The fourth-order valence-corrected chi connectivity index (χ4v) is 3.77. The number of amides is 1. The van der Waals surface area contributed by atoms with Gasteiger partial charge in [0.2, 0.25) is 11.9 Å². The van der Waals surface area contributed by atoms with Crippen LogP contribution in [0.2, 0.25) is 0 Å². The number of carbonyl (C=O) groups excluding carboxylic acids is 1. The van der Waals surface area contributed by atoms with Crippen molar-refractivity contribution in [2.75, 3.05) is 11.1 Å². The molecule has 0 spiro atoms. The van der Waals surface area contributed by atoms with Crippen molar-refractivity contribution < 1.29 is 17.6 Å². The molecule has 1 amide bonds. The van der Waals surface area contributed by atoms with Crippen LogP contribution in [0.5, 0.6) is 0 Å². The summed E-state index contributed by atoms with van der Waals surface area (Å²) in [6.45, 7) is 2.16. The maximum atomic E-state index is 13.2. The summed E-state index contributed by atoms with van der Waals surface area (Å²) < 4.78 is 39.2. The van der Waals surface area contributed by atoms with Gasteiger partial charge in [0.25, 0.3) is 0 Å². The number of sulfone groups is 1. The first-order valence-electron chi connectivity index (χ1n) is 8.55. The first kappa shape index (κ1) is 19.7. The molecule has 0 fully saturated rings. The van der Waals surface area contributed by atoms with Crippen molar-refractivity contribution in [1.82, 2.24) is 14.8 Å². The van der Waals surface area contributed by atoms with E-state index in [-0.39, 0.29) is 28.8 Å². The third-order valence-electron chi connectivity index (χ3n) is 4.00. The van der Waals surface area contributed by atoms with E-state index >= 15 is 0 Å². The lowest BCUT2D eigenvalue weighted by molar-refractivity contribution is -0.115. The number of aryl methyl sites for hydroxylation is 1. The molecular weight excluding hydrogens is 383 g/mol. The maximum absolute atomic E-state index is 13.2. The van der Waals surface area contributed by atoms with Gasteiger partial charge in [-0.2, -0.15) is 0 Å². The van der Waals surface area contributed by atoms with Crippen molar-refractivity contribution in [2.45, 2.75) is 24.8 Å². The highest BCUT2D eigenvalue weighted by atomic mass is 32.2. The number of benzene rings is 2. The molecule has 0 aliphatic rings. The Morgan fingerprint density at radius 1 is 1.18 bits per heavy atom. The van der Waals surface area contributed by atoms with E-state index in [0.29, 0.717) is 12.1 Å². The van der Waals surface area contributed by atoms with Crippen LogP contribution in [0, 0.1) is 12.7 Å². The minimum atomic E-state index is -3.55. The predicted octanol–water partition coefficient (Wildman–Crippen LogP) is 2.58. The first-order valence-corrected chi connectivity index (χ1v) is 10.2. The van der Waals surface area contributed by atoms with Gasteiger partial charge in [-0.3, -0.25) is 10.1 Å². The van der Waals surface area contributed by atoms with Gasteiger partial charge in [-0.15, -0.1) is 5.10 Å². The second-order valence-corrected chi connectivity index (χ2v) is 8.43. The van der Waals surface area contributed by atoms with Gasteiger partial charge in [-0.1, -0.05) is 29.8 Å². The summed E-state index contributed by atoms with van der Waals surface area (Å²) >= 11 is 0. The molecule has 0 aliphatic carbocycles. The van der Waals surface area contributed by atoms with Crippen LogP contribution in [0.1, 0.15) is 17.5 Å². The highest BCUT2D eigenvalue weighted by Crippen LogP contribution is 2.13. The van der Waals surface area contributed by atoms with Gasteiger partial charge in [0, 0.05) is 6.42 Å². The number of nitrogens with one attached hydrogen (secondary N) is 1. The Bertz CT molecular complexity index is 1080. The van der Waals surface area contributed by atoms with Crippen molar-refractivity contribution in [3.63, 3.8) is 0 Å². The summed E-state index contributed by atoms with van der Waals surface area (Å²) in [7, 11) is -3.55.